The Hall–Kier alpha value is -2.67. The maximum atomic E-state index is 11.9. The van der Waals surface area contributed by atoms with Gasteiger partial charge in [0, 0.05) is 25.5 Å². The predicted octanol–water partition coefficient (Wildman–Crippen LogP) is 1.69. The Morgan fingerprint density at radius 2 is 2.00 bits per heavy atom. The lowest BCUT2D eigenvalue weighted by Gasteiger charge is -2.26. The lowest BCUT2D eigenvalue weighted by atomic mass is 10.4. The molecule has 0 saturated carbocycles. The molecule has 13 heteroatoms. The van der Waals surface area contributed by atoms with Gasteiger partial charge < -0.3 is 15.0 Å². The normalized spacial score (nSPS) is 14.5. The molecule has 1 aliphatic heterocycles. The van der Waals surface area contributed by atoms with Crippen LogP contribution in [0.15, 0.2) is 30.6 Å². The molecule has 0 radical (unpaired) electrons. The van der Waals surface area contributed by atoms with E-state index in [-0.39, 0.29) is 5.75 Å². The number of nitrogens with one attached hydrogen (secondary N) is 1. The van der Waals surface area contributed by atoms with Crippen molar-refractivity contribution in [3.63, 3.8) is 0 Å². The van der Waals surface area contributed by atoms with Gasteiger partial charge in [-0.15, -0.1) is 0 Å². The fourth-order valence-corrected chi connectivity index (χ4v) is 3.48. The van der Waals surface area contributed by atoms with Gasteiger partial charge >= 0.3 is 12.1 Å². The van der Waals surface area contributed by atoms with E-state index in [4.69, 9.17) is 9.90 Å². The molecule has 9 nitrogen and oxygen atoms in total. The summed E-state index contributed by atoms with van der Waals surface area (Å²) in [6.45, 7) is 3.73. The molecule has 29 heavy (non-hydrogen) atoms. The second-order valence-corrected chi connectivity index (χ2v) is 8.20. The Morgan fingerprint density at radius 1 is 1.31 bits per heavy atom. The van der Waals surface area contributed by atoms with Gasteiger partial charge in [-0.3, -0.25) is 0 Å². The number of halogens is 3. The van der Waals surface area contributed by atoms with Crippen molar-refractivity contribution in [2.24, 2.45) is 0 Å². The molecule has 0 saturated heterocycles. The largest absolute Gasteiger partial charge is 0.490 e. The smallest absolute Gasteiger partial charge is 0.475 e. The number of carbonyl (C=O) groups is 1. The van der Waals surface area contributed by atoms with Gasteiger partial charge in [-0.2, -0.15) is 17.5 Å². The van der Waals surface area contributed by atoms with Gasteiger partial charge in [-0.1, -0.05) is 6.07 Å². The number of aliphatic carboxylic acids is 1. The maximum absolute atomic E-state index is 11.9. The lowest BCUT2D eigenvalue weighted by molar-refractivity contribution is -0.192. The number of hydrogen-bond donors (Lipinski definition) is 2. The first-order valence-electron chi connectivity index (χ1n) is 8.50. The summed E-state index contributed by atoms with van der Waals surface area (Å²) in [5, 5.41) is 10.3. The summed E-state index contributed by atoms with van der Waals surface area (Å²) >= 11 is 0. The summed E-state index contributed by atoms with van der Waals surface area (Å²) in [4.78, 5) is 17.6. The highest BCUT2D eigenvalue weighted by molar-refractivity contribution is 7.89. The maximum Gasteiger partial charge on any atom is 0.490 e. The van der Waals surface area contributed by atoms with Gasteiger partial charge in [0.05, 0.1) is 24.5 Å². The molecule has 0 fully saturated rings. The number of carboxylic acid groups (broad SMARTS) is 1. The zero-order valence-electron chi connectivity index (χ0n) is 15.4. The standard InChI is InChI=1S/C14H19N5O2S.C2HF3O2/c1-2-22(20,21)19-8-7-18-10-12(17-14(18)11-19)9-16-13-5-3-4-6-15-13;3-2(4,5)1(6)7/h3-6,10H,2,7-9,11H2,1H3,(H,15,16);(H,6,7). The molecule has 2 aromatic rings. The van der Waals surface area contributed by atoms with Crippen molar-refractivity contribution in [3.8, 4) is 0 Å². The fourth-order valence-electron chi connectivity index (χ4n) is 2.44. The average Bonchev–Trinajstić information content (AvgIpc) is 3.09. The molecular weight excluding hydrogens is 415 g/mol. The van der Waals surface area contributed by atoms with Crippen LogP contribution in [0.1, 0.15) is 18.4 Å². The average molecular weight is 435 g/mol. The SMILES string of the molecule is CCS(=O)(=O)N1CCn2cc(CNc3ccccn3)nc2C1.O=C(O)C(F)(F)F. The van der Waals surface area contributed by atoms with Gasteiger partial charge in [0.15, 0.2) is 0 Å². The molecule has 2 aromatic heterocycles. The summed E-state index contributed by atoms with van der Waals surface area (Å²) in [5.74, 6) is -1.04. The molecule has 0 amide bonds. The highest BCUT2D eigenvalue weighted by Gasteiger charge is 2.38. The van der Waals surface area contributed by atoms with Crippen molar-refractivity contribution >= 4 is 21.8 Å². The second-order valence-electron chi connectivity index (χ2n) is 5.95. The molecule has 0 spiro atoms. The van der Waals surface area contributed by atoms with Crippen molar-refractivity contribution < 1.29 is 31.5 Å². The molecule has 1 aliphatic rings. The van der Waals surface area contributed by atoms with Crippen LogP contribution in [-0.2, 0) is 34.5 Å². The molecular formula is C16H20F3N5O4S. The number of hydrogen-bond acceptors (Lipinski definition) is 6. The topological polar surface area (TPSA) is 117 Å². The van der Waals surface area contributed by atoms with Crippen molar-refractivity contribution in [2.75, 3.05) is 17.6 Å². The summed E-state index contributed by atoms with van der Waals surface area (Å²) < 4.78 is 59.2. The monoisotopic (exact) mass is 435 g/mol. The van der Waals surface area contributed by atoms with Crippen molar-refractivity contribution in [1.29, 1.82) is 0 Å². The molecule has 0 aliphatic carbocycles. The molecule has 2 N–H and O–H groups in total. The molecule has 0 atom stereocenters. The van der Waals surface area contributed by atoms with Crippen LogP contribution in [0.4, 0.5) is 19.0 Å². The number of sulfonamides is 1. The van der Waals surface area contributed by atoms with Crippen LogP contribution in [0.2, 0.25) is 0 Å². The first kappa shape index (κ1) is 22.6. The number of nitrogens with zero attached hydrogens (tertiary/aromatic N) is 4. The summed E-state index contributed by atoms with van der Waals surface area (Å²) in [6.07, 6.45) is -1.38. The fraction of sp³-hybridized carbons (Fsp3) is 0.438. The molecule has 0 unspecified atom stereocenters. The number of alkyl halides is 3. The van der Waals surface area contributed by atoms with Crippen LogP contribution in [0.5, 0.6) is 0 Å². The predicted molar refractivity (Wildman–Crippen MR) is 97.4 cm³/mol. The van der Waals surface area contributed by atoms with E-state index in [2.05, 4.69) is 15.3 Å². The van der Waals surface area contributed by atoms with Gasteiger partial charge in [0.25, 0.3) is 0 Å². The highest BCUT2D eigenvalue weighted by atomic mass is 32.2. The minimum absolute atomic E-state index is 0.127. The zero-order valence-corrected chi connectivity index (χ0v) is 16.2. The molecule has 3 heterocycles. The van der Waals surface area contributed by atoms with E-state index in [0.29, 0.717) is 26.2 Å². The molecule has 0 aromatic carbocycles. The summed E-state index contributed by atoms with van der Waals surface area (Å²) in [5.41, 5.74) is 0.886. The Morgan fingerprint density at radius 3 is 2.55 bits per heavy atom. The van der Waals surface area contributed by atoms with Crippen LogP contribution in [-0.4, -0.2) is 56.8 Å². The zero-order chi connectivity index (χ0) is 21.7. The van der Waals surface area contributed by atoms with Gasteiger partial charge in [-0.05, 0) is 19.1 Å². The lowest BCUT2D eigenvalue weighted by Crippen LogP contribution is -2.39. The van der Waals surface area contributed by atoms with Gasteiger partial charge in [0.2, 0.25) is 10.0 Å². The molecule has 0 bridgehead atoms. The number of anilines is 1. The van der Waals surface area contributed by atoms with Crippen LogP contribution < -0.4 is 5.32 Å². The van der Waals surface area contributed by atoms with Crippen LogP contribution >= 0.6 is 0 Å². The number of rotatable bonds is 5. The van der Waals surface area contributed by atoms with Crippen LogP contribution in [0, 0.1) is 0 Å². The third kappa shape index (κ3) is 6.42. The minimum atomic E-state index is -5.08. The first-order chi connectivity index (χ1) is 13.5. The van der Waals surface area contributed by atoms with Crippen molar-refractivity contribution in [1.82, 2.24) is 18.8 Å². The van der Waals surface area contributed by atoms with E-state index in [9.17, 15) is 21.6 Å². The Balaban J connectivity index is 0.000000370. The first-order valence-corrected chi connectivity index (χ1v) is 10.1. The number of fused-ring (bicyclic) bond motifs is 1. The van der Waals surface area contributed by atoms with Crippen LogP contribution in [0.3, 0.4) is 0 Å². The van der Waals surface area contributed by atoms with E-state index < -0.39 is 22.2 Å². The number of pyridine rings is 1. The number of carboxylic acids is 1. The van der Waals surface area contributed by atoms with E-state index in [0.717, 1.165) is 17.3 Å². The summed E-state index contributed by atoms with van der Waals surface area (Å²) in [7, 11) is -3.16. The minimum Gasteiger partial charge on any atom is -0.475 e. The summed E-state index contributed by atoms with van der Waals surface area (Å²) in [6, 6.07) is 5.68. The van der Waals surface area contributed by atoms with Gasteiger partial charge in [-0.25, -0.2) is 23.2 Å². The van der Waals surface area contributed by atoms with E-state index >= 15 is 0 Å². The second kappa shape index (κ2) is 9.22. The van der Waals surface area contributed by atoms with E-state index in [1.54, 1.807) is 13.1 Å². The Bertz CT molecular complexity index is 932. The molecule has 3 rings (SSSR count). The van der Waals surface area contributed by atoms with Crippen molar-refractivity contribution in [2.45, 2.75) is 32.7 Å². The third-order valence-electron chi connectivity index (χ3n) is 3.93. The highest BCUT2D eigenvalue weighted by Crippen LogP contribution is 2.17. The third-order valence-corrected chi connectivity index (χ3v) is 5.76. The Labute approximate surface area is 165 Å². The van der Waals surface area contributed by atoms with E-state index in [1.165, 1.54) is 4.31 Å². The van der Waals surface area contributed by atoms with Crippen molar-refractivity contribution in [3.05, 3.63) is 42.1 Å². The Kier molecular flexibility index (Phi) is 7.19. The molecule has 160 valence electrons. The van der Waals surface area contributed by atoms with Gasteiger partial charge in [0.1, 0.15) is 11.6 Å². The van der Waals surface area contributed by atoms with E-state index in [1.807, 2.05) is 29.0 Å². The number of imidazole rings is 1. The quantitative estimate of drug-likeness (QED) is 0.734. The number of aromatic nitrogens is 3. The van der Waals surface area contributed by atoms with Crippen LogP contribution in [0.25, 0.3) is 0 Å².